The molecule has 18 heavy (non-hydrogen) atoms. The quantitative estimate of drug-likeness (QED) is 0.852. The van der Waals surface area contributed by atoms with Crippen LogP contribution in [0.3, 0.4) is 0 Å². The fourth-order valence-corrected chi connectivity index (χ4v) is 4.64. The highest BCUT2D eigenvalue weighted by molar-refractivity contribution is 5.35. The Balaban J connectivity index is 2.09. The van der Waals surface area contributed by atoms with Crippen molar-refractivity contribution in [2.45, 2.75) is 63.3 Å². The zero-order valence-electron chi connectivity index (χ0n) is 11.7. The fourth-order valence-electron chi connectivity index (χ4n) is 4.64. The van der Waals surface area contributed by atoms with Crippen molar-refractivity contribution in [1.82, 2.24) is 0 Å². The van der Waals surface area contributed by atoms with Gasteiger partial charge < -0.3 is 5.73 Å². The third-order valence-electron chi connectivity index (χ3n) is 5.68. The molecular formula is C17H25N. The lowest BCUT2D eigenvalue weighted by Gasteiger charge is -2.46. The standard InChI is InChI=1S/C17H25N/c1-15(2,18)17(12-13-17)16(10-6-7-11-16)14-8-4-3-5-9-14/h3-5,8-9H,6-7,10-13,18H2,1-2H3. The number of rotatable bonds is 3. The van der Waals surface area contributed by atoms with E-state index in [1.807, 2.05) is 0 Å². The Kier molecular flexibility index (Phi) is 2.60. The first-order chi connectivity index (χ1) is 8.52. The van der Waals surface area contributed by atoms with Crippen LogP contribution in [0.5, 0.6) is 0 Å². The highest BCUT2D eigenvalue weighted by Crippen LogP contribution is 2.69. The maximum atomic E-state index is 6.58. The third kappa shape index (κ3) is 1.50. The molecule has 1 heteroatoms. The van der Waals surface area contributed by atoms with Crippen LogP contribution < -0.4 is 5.73 Å². The highest BCUT2D eigenvalue weighted by Gasteiger charge is 2.65. The Hall–Kier alpha value is -0.820. The molecule has 2 N–H and O–H groups in total. The molecule has 0 spiro atoms. The Morgan fingerprint density at radius 2 is 1.50 bits per heavy atom. The van der Waals surface area contributed by atoms with Gasteiger partial charge in [0.2, 0.25) is 0 Å². The first-order valence-electron chi connectivity index (χ1n) is 7.36. The van der Waals surface area contributed by atoms with E-state index in [0.717, 1.165) is 0 Å². The molecule has 2 aliphatic rings. The normalized spacial score (nSPS) is 25.1. The summed E-state index contributed by atoms with van der Waals surface area (Å²) in [5.74, 6) is 0. The van der Waals surface area contributed by atoms with Crippen molar-refractivity contribution in [3.05, 3.63) is 35.9 Å². The summed E-state index contributed by atoms with van der Waals surface area (Å²) < 4.78 is 0. The molecule has 1 aromatic rings. The van der Waals surface area contributed by atoms with Crippen LogP contribution >= 0.6 is 0 Å². The van der Waals surface area contributed by atoms with Gasteiger partial charge in [-0.15, -0.1) is 0 Å². The van der Waals surface area contributed by atoms with Gasteiger partial charge in [0, 0.05) is 11.0 Å². The highest BCUT2D eigenvalue weighted by atomic mass is 14.8. The second kappa shape index (κ2) is 3.84. The summed E-state index contributed by atoms with van der Waals surface area (Å²) in [6.07, 6.45) is 8.02. The van der Waals surface area contributed by atoms with Crippen LogP contribution in [-0.2, 0) is 5.41 Å². The molecule has 3 rings (SSSR count). The largest absolute Gasteiger partial charge is 0.325 e. The third-order valence-corrected chi connectivity index (χ3v) is 5.68. The van der Waals surface area contributed by atoms with E-state index in [1.54, 1.807) is 5.56 Å². The van der Waals surface area contributed by atoms with E-state index >= 15 is 0 Å². The first-order valence-corrected chi connectivity index (χ1v) is 7.36. The maximum Gasteiger partial charge on any atom is 0.0162 e. The summed E-state index contributed by atoms with van der Waals surface area (Å²) >= 11 is 0. The second-order valence-electron chi connectivity index (χ2n) is 6.96. The van der Waals surface area contributed by atoms with E-state index in [4.69, 9.17) is 5.73 Å². The molecule has 0 bridgehead atoms. The van der Waals surface area contributed by atoms with Gasteiger partial charge in [-0.2, -0.15) is 0 Å². The lowest BCUT2D eigenvalue weighted by Crippen LogP contribution is -2.53. The van der Waals surface area contributed by atoms with Crippen molar-refractivity contribution in [1.29, 1.82) is 0 Å². The summed E-state index contributed by atoms with van der Waals surface area (Å²) in [5, 5.41) is 0. The summed E-state index contributed by atoms with van der Waals surface area (Å²) in [4.78, 5) is 0. The molecule has 2 fully saturated rings. The molecule has 0 radical (unpaired) electrons. The van der Waals surface area contributed by atoms with E-state index in [1.165, 1.54) is 38.5 Å². The minimum absolute atomic E-state index is 0.0623. The molecule has 0 aromatic heterocycles. The number of hydrogen-bond acceptors (Lipinski definition) is 1. The molecule has 2 aliphatic carbocycles. The molecule has 0 unspecified atom stereocenters. The molecule has 0 heterocycles. The van der Waals surface area contributed by atoms with Crippen LogP contribution in [0.15, 0.2) is 30.3 Å². The maximum absolute atomic E-state index is 6.58. The predicted molar refractivity (Wildman–Crippen MR) is 76.5 cm³/mol. The predicted octanol–water partition coefficient (Wildman–Crippen LogP) is 4.02. The average Bonchev–Trinajstić information content (AvgIpc) is 3.04. The van der Waals surface area contributed by atoms with Crippen LogP contribution in [0.2, 0.25) is 0 Å². The SMILES string of the molecule is CC(C)(N)C1(C2(c3ccccc3)CCCC2)CC1. The molecule has 1 nitrogen and oxygen atoms in total. The Morgan fingerprint density at radius 1 is 0.944 bits per heavy atom. The van der Waals surface area contributed by atoms with Gasteiger partial charge >= 0.3 is 0 Å². The van der Waals surface area contributed by atoms with Gasteiger partial charge in [0.05, 0.1) is 0 Å². The molecule has 1 aromatic carbocycles. The van der Waals surface area contributed by atoms with Crippen LogP contribution in [0.1, 0.15) is 57.9 Å². The van der Waals surface area contributed by atoms with E-state index in [0.29, 0.717) is 10.8 Å². The fraction of sp³-hybridized carbons (Fsp3) is 0.647. The van der Waals surface area contributed by atoms with E-state index in [9.17, 15) is 0 Å². The zero-order valence-corrected chi connectivity index (χ0v) is 11.7. The molecule has 2 saturated carbocycles. The van der Waals surface area contributed by atoms with Gasteiger partial charge in [-0.05, 0) is 50.5 Å². The van der Waals surface area contributed by atoms with Crippen molar-refractivity contribution in [3.8, 4) is 0 Å². The van der Waals surface area contributed by atoms with E-state index in [2.05, 4.69) is 44.2 Å². The lowest BCUT2D eigenvalue weighted by molar-refractivity contribution is 0.149. The Bertz CT molecular complexity index is 417. The number of hydrogen-bond donors (Lipinski definition) is 1. The molecule has 98 valence electrons. The number of benzene rings is 1. The Labute approximate surface area is 111 Å². The minimum Gasteiger partial charge on any atom is -0.325 e. The van der Waals surface area contributed by atoms with E-state index in [-0.39, 0.29) is 5.54 Å². The van der Waals surface area contributed by atoms with Crippen LogP contribution in [0, 0.1) is 5.41 Å². The van der Waals surface area contributed by atoms with Crippen molar-refractivity contribution in [2.24, 2.45) is 11.1 Å². The van der Waals surface area contributed by atoms with Crippen LogP contribution in [0.25, 0.3) is 0 Å². The lowest BCUT2D eigenvalue weighted by atomic mass is 9.60. The van der Waals surface area contributed by atoms with Gasteiger partial charge in [-0.1, -0.05) is 43.2 Å². The van der Waals surface area contributed by atoms with Crippen LogP contribution in [-0.4, -0.2) is 5.54 Å². The van der Waals surface area contributed by atoms with Crippen molar-refractivity contribution >= 4 is 0 Å². The summed E-state index contributed by atoms with van der Waals surface area (Å²) in [5.41, 5.74) is 8.75. The van der Waals surface area contributed by atoms with Crippen LogP contribution in [0.4, 0.5) is 0 Å². The smallest absolute Gasteiger partial charge is 0.0162 e. The topological polar surface area (TPSA) is 26.0 Å². The molecule has 0 saturated heterocycles. The zero-order chi connectivity index (χ0) is 12.9. The first kappa shape index (κ1) is 12.2. The molecule has 0 amide bonds. The van der Waals surface area contributed by atoms with E-state index < -0.39 is 0 Å². The van der Waals surface area contributed by atoms with Gasteiger partial charge in [-0.25, -0.2) is 0 Å². The summed E-state index contributed by atoms with van der Waals surface area (Å²) in [6, 6.07) is 11.2. The second-order valence-corrected chi connectivity index (χ2v) is 6.96. The summed E-state index contributed by atoms with van der Waals surface area (Å²) in [6.45, 7) is 4.48. The molecular weight excluding hydrogens is 218 g/mol. The molecule has 0 aliphatic heterocycles. The van der Waals surface area contributed by atoms with Gasteiger partial charge in [0.15, 0.2) is 0 Å². The molecule has 0 atom stereocenters. The van der Waals surface area contributed by atoms with Crippen molar-refractivity contribution in [2.75, 3.05) is 0 Å². The van der Waals surface area contributed by atoms with Gasteiger partial charge in [0.1, 0.15) is 0 Å². The van der Waals surface area contributed by atoms with Crippen molar-refractivity contribution < 1.29 is 0 Å². The average molecular weight is 243 g/mol. The van der Waals surface area contributed by atoms with Gasteiger partial charge in [-0.3, -0.25) is 0 Å². The minimum atomic E-state index is -0.0623. The number of nitrogens with two attached hydrogens (primary N) is 1. The van der Waals surface area contributed by atoms with Gasteiger partial charge in [0.25, 0.3) is 0 Å². The van der Waals surface area contributed by atoms with Crippen molar-refractivity contribution in [3.63, 3.8) is 0 Å². The summed E-state index contributed by atoms with van der Waals surface area (Å²) in [7, 11) is 0. The monoisotopic (exact) mass is 243 g/mol. The Morgan fingerprint density at radius 3 is 1.94 bits per heavy atom.